The fourth-order valence-corrected chi connectivity index (χ4v) is 1.30. The highest BCUT2D eigenvalue weighted by atomic mass is 16.6. The summed E-state index contributed by atoms with van der Waals surface area (Å²) in [6.07, 6.45) is 0. The summed E-state index contributed by atoms with van der Waals surface area (Å²) >= 11 is 0. The molecule has 1 aromatic carbocycles. The van der Waals surface area contributed by atoms with Crippen molar-refractivity contribution < 1.29 is 19.6 Å². The number of rotatable bonds is 3. The molecule has 1 aromatic rings. The van der Waals surface area contributed by atoms with Crippen LogP contribution in [0.1, 0.15) is 24.2 Å². The van der Waals surface area contributed by atoms with E-state index >= 15 is 0 Å². The van der Waals surface area contributed by atoms with E-state index in [-0.39, 0.29) is 11.3 Å². The van der Waals surface area contributed by atoms with Gasteiger partial charge >= 0.3 is 0 Å². The van der Waals surface area contributed by atoms with Crippen molar-refractivity contribution in [3.8, 4) is 5.75 Å². The second kappa shape index (κ2) is 4.60. The Balaban J connectivity index is 3.40. The van der Waals surface area contributed by atoms with Crippen LogP contribution in [0.3, 0.4) is 0 Å². The number of nitro benzene ring substituents is 1. The number of hydrogen-bond donors (Lipinski definition) is 2. The van der Waals surface area contributed by atoms with Gasteiger partial charge in [0.25, 0.3) is 5.69 Å². The number of nitro groups is 1. The molecule has 0 atom stereocenters. The Hall–Kier alpha value is -2.44. The number of amides is 1. The molecule has 90 valence electrons. The summed E-state index contributed by atoms with van der Waals surface area (Å²) < 4.78 is 0. The molecular weight excluding hydrogens is 228 g/mol. The van der Waals surface area contributed by atoms with Crippen LogP contribution in [0.5, 0.6) is 5.75 Å². The number of hydrogen-bond acceptors (Lipinski definition) is 5. The topological polar surface area (TPSA) is 110 Å². The largest absolute Gasteiger partial charge is 0.507 e. The number of carbonyl (C=O) groups excluding carboxylic acids is 2. The van der Waals surface area contributed by atoms with Gasteiger partial charge in [0.15, 0.2) is 5.78 Å². The van der Waals surface area contributed by atoms with Crippen LogP contribution >= 0.6 is 0 Å². The first-order valence-corrected chi connectivity index (χ1v) is 4.63. The van der Waals surface area contributed by atoms with Gasteiger partial charge in [0, 0.05) is 19.1 Å². The smallest absolute Gasteiger partial charge is 0.293 e. The SMILES string of the molecule is CC(=O)Nc1cc(O)c(C(C)=O)cc1[N+](=O)[O-]. The van der Waals surface area contributed by atoms with Gasteiger partial charge in [0.2, 0.25) is 5.91 Å². The number of Topliss-reactive ketones (excluding diaryl/α,β-unsaturated/α-hetero) is 1. The maximum atomic E-state index is 11.1. The molecule has 7 nitrogen and oxygen atoms in total. The number of aromatic hydroxyl groups is 1. The first-order valence-electron chi connectivity index (χ1n) is 4.63. The maximum Gasteiger partial charge on any atom is 0.293 e. The molecule has 0 spiro atoms. The molecule has 1 amide bonds. The summed E-state index contributed by atoms with van der Waals surface area (Å²) in [7, 11) is 0. The molecule has 0 unspecified atom stereocenters. The zero-order chi connectivity index (χ0) is 13.2. The van der Waals surface area contributed by atoms with E-state index in [9.17, 15) is 24.8 Å². The third kappa shape index (κ3) is 2.77. The van der Waals surface area contributed by atoms with Gasteiger partial charge in [0.05, 0.1) is 10.5 Å². The van der Waals surface area contributed by atoms with Crippen molar-refractivity contribution in [2.75, 3.05) is 5.32 Å². The Bertz CT molecular complexity index is 510. The third-order valence-corrected chi connectivity index (χ3v) is 2.00. The lowest BCUT2D eigenvalue weighted by Gasteiger charge is -2.06. The number of ketones is 1. The molecule has 0 fully saturated rings. The molecule has 17 heavy (non-hydrogen) atoms. The minimum absolute atomic E-state index is 0.148. The van der Waals surface area contributed by atoms with Gasteiger partial charge in [-0.25, -0.2) is 0 Å². The van der Waals surface area contributed by atoms with E-state index in [1.165, 1.54) is 13.8 Å². The van der Waals surface area contributed by atoms with Gasteiger partial charge in [-0.15, -0.1) is 0 Å². The minimum Gasteiger partial charge on any atom is -0.507 e. The highest BCUT2D eigenvalue weighted by molar-refractivity contribution is 6.00. The Labute approximate surface area is 96.2 Å². The molecule has 0 aromatic heterocycles. The first kappa shape index (κ1) is 12.6. The first-order chi connectivity index (χ1) is 7.82. The number of carbonyl (C=O) groups is 2. The molecule has 0 saturated carbocycles. The summed E-state index contributed by atoms with van der Waals surface area (Å²) in [5, 5.41) is 22.4. The number of benzene rings is 1. The van der Waals surface area contributed by atoms with E-state index in [1.807, 2.05) is 0 Å². The van der Waals surface area contributed by atoms with Crippen LogP contribution in [-0.2, 0) is 4.79 Å². The van der Waals surface area contributed by atoms with Gasteiger partial charge in [-0.2, -0.15) is 0 Å². The molecule has 0 aliphatic carbocycles. The molecule has 0 radical (unpaired) electrons. The fourth-order valence-electron chi connectivity index (χ4n) is 1.30. The summed E-state index contributed by atoms with van der Waals surface area (Å²) in [5.41, 5.74) is -0.751. The molecule has 1 rings (SSSR count). The summed E-state index contributed by atoms with van der Waals surface area (Å²) in [6, 6.07) is 1.92. The average Bonchev–Trinajstić information content (AvgIpc) is 2.15. The van der Waals surface area contributed by atoms with Crippen molar-refractivity contribution in [2.24, 2.45) is 0 Å². The number of phenols is 1. The van der Waals surface area contributed by atoms with Gasteiger partial charge in [0.1, 0.15) is 11.4 Å². The molecular formula is C10H10N2O5. The number of nitrogens with zero attached hydrogens (tertiary/aromatic N) is 1. The molecule has 0 saturated heterocycles. The van der Waals surface area contributed by atoms with Crippen LogP contribution in [-0.4, -0.2) is 21.7 Å². The predicted octanol–water partition coefficient (Wildman–Crippen LogP) is 1.46. The van der Waals surface area contributed by atoms with Crippen molar-refractivity contribution in [1.29, 1.82) is 0 Å². The zero-order valence-corrected chi connectivity index (χ0v) is 9.18. The predicted molar refractivity (Wildman–Crippen MR) is 59.1 cm³/mol. The van der Waals surface area contributed by atoms with Crippen molar-refractivity contribution in [3.05, 3.63) is 27.8 Å². The van der Waals surface area contributed by atoms with Gasteiger partial charge < -0.3 is 10.4 Å². The van der Waals surface area contributed by atoms with Crippen molar-refractivity contribution in [2.45, 2.75) is 13.8 Å². The van der Waals surface area contributed by atoms with Crippen LogP contribution in [0.4, 0.5) is 11.4 Å². The Morgan fingerprint density at radius 3 is 2.35 bits per heavy atom. The van der Waals surface area contributed by atoms with Crippen LogP contribution in [0.2, 0.25) is 0 Å². The second-order valence-electron chi connectivity index (χ2n) is 3.38. The molecule has 0 bridgehead atoms. The van der Waals surface area contributed by atoms with Crippen LogP contribution in [0.15, 0.2) is 12.1 Å². The number of nitrogens with one attached hydrogen (secondary N) is 1. The standard InChI is InChI=1S/C10H10N2O5/c1-5(13)7-3-9(12(16)17)8(4-10(7)15)11-6(2)14/h3-4,15H,1-2H3,(H,11,14). The van der Waals surface area contributed by atoms with Crippen molar-refractivity contribution >= 4 is 23.1 Å². The highest BCUT2D eigenvalue weighted by Crippen LogP contribution is 2.32. The number of phenolic OH excluding ortho intramolecular Hbond substituents is 1. The van der Waals surface area contributed by atoms with Gasteiger partial charge in [-0.3, -0.25) is 19.7 Å². The zero-order valence-electron chi connectivity index (χ0n) is 9.18. The van der Waals surface area contributed by atoms with Crippen LogP contribution < -0.4 is 5.32 Å². The summed E-state index contributed by atoms with van der Waals surface area (Å²) in [5.74, 6) is -1.42. The molecule has 2 N–H and O–H groups in total. The lowest BCUT2D eigenvalue weighted by molar-refractivity contribution is -0.384. The van der Waals surface area contributed by atoms with E-state index in [2.05, 4.69) is 5.32 Å². The third-order valence-electron chi connectivity index (χ3n) is 2.00. The van der Waals surface area contributed by atoms with Gasteiger partial charge in [-0.05, 0) is 6.92 Å². The van der Waals surface area contributed by atoms with E-state index < -0.39 is 28.1 Å². The Kier molecular flexibility index (Phi) is 3.42. The average molecular weight is 238 g/mol. The van der Waals surface area contributed by atoms with E-state index in [1.54, 1.807) is 0 Å². The molecule has 7 heteroatoms. The number of anilines is 1. The van der Waals surface area contributed by atoms with Crippen LogP contribution in [0, 0.1) is 10.1 Å². The normalized spacial score (nSPS) is 9.76. The summed E-state index contributed by atoms with van der Waals surface area (Å²) in [4.78, 5) is 32.0. The van der Waals surface area contributed by atoms with E-state index in [0.717, 1.165) is 12.1 Å². The van der Waals surface area contributed by atoms with E-state index in [4.69, 9.17) is 0 Å². The monoisotopic (exact) mass is 238 g/mol. The van der Waals surface area contributed by atoms with Gasteiger partial charge in [-0.1, -0.05) is 0 Å². The molecule has 0 aliphatic rings. The van der Waals surface area contributed by atoms with Crippen molar-refractivity contribution in [1.82, 2.24) is 0 Å². The highest BCUT2D eigenvalue weighted by Gasteiger charge is 2.20. The Morgan fingerprint density at radius 1 is 1.35 bits per heavy atom. The minimum atomic E-state index is -0.739. The summed E-state index contributed by atoms with van der Waals surface area (Å²) in [6.45, 7) is 2.36. The lowest BCUT2D eigenvalue weighted by atomic mass is 10.1. The molecule has 0 aliphatic heterocycles. The fraction of sp³-hybridized carbons (Fsp3) is 0.200. The quantitative estimate of drug-likeness (QED) is 0.470. The molecule has 0 heterocycles. The second-order valence-corrected chi connectivity index (χ2v) is 3.38. The van der Waals surface area contributed by atoms with E-state index in [0.29, 0.717) is 0 Å². The Morgan fingerprint density at radius 2 is 1.94 bits per heavy atom. The van der Waals surface area contributed by atoms with Crippen molar-refractivity contribution in [3.63, 3.8) is 0 Å². The maximum absolute atomic E-state index is 11.1. The van der Waals surface area contributed by atoms with Crippen LogP contribution in [0.25, 0.3) is 0 Å². The lowest BCUT2D eigenvalue weighted by Crippen LogP contribution is -2.09.